The summed E-state index contributed by atoms with van der Waals surface area (Å²) in [5.41, 5.74) is 3.67. The molecule has 0 saturated carbocycles. The predicted octanol–water partition coefficient (Wildman–Crippen LogP) is 11.3. The second-order valence-electron chi connectivity index (χ2n) is 9.81. The number of hydrogen-bond donors (Lipinski definition) is 0. The van der Waals surface area contributed by atoms with E-state index in [1.165, 1.54) is 18.2 Å². The molecule has 8 rings (SSSR count). The minimum Gasteiger partial charge on any atom is -0.0622 e. The molecule has 0 atom stereocenters. The molecule has 40 heavy (non-hydrogen) atoms. The molecule has 0 heterocycles. The summed E-state index contributed by atoms with van der Waals surface area (Å²) in [5.74, 6) is 0. The molecule has 0 N–H and O–H groups in total. The minimum absolute atomic E-state index is 0.0641. The third-order valence-electron chi connectivity index (χ3n) is 7.65. The standard InChI is InChI=1S/C40H26/c1-2-13-28(14-3-1)39-35-16-6-8-18-37(35)40(38-19-9-7-17-36(38)39)34-23-11-21-32-31(20-10-22-33(32)34)30-25-24-27-12-4-5-15-29(27)26-30/h1-26H/i1D,2D,6D,7D,8D,9D,14D,16D,18D. The summed E-state index contributed by atoms with van der Waals surface area (Å²) < 4.78 is 78.4. The largest absolute Gasteiger partial charge is 0.0629 e. The minimum atomic E-state index is -0.446. The van der Waals surface area contributed by atoms with Crippen molar-refractivity contribution in [2.75, 3.05) is 0 Å². The molecule has 0 aliphatic rings. The summed E-state index contributed by atoms with van der Waals surface area (Å²) in [7, 11) is 0. The Balaban J connectivity index is 1.57. The Morgan fingerprint density at radius 2 is 1.02 bits per heavy atom. The van der Waals surface area contributed by atoms with Crippen LogP contribution in [-0.2, 0) is 0 Å². The molecule has 0 amide bonds. The highest BCUT2D eigenvalue weighted by Gasteiger charge is 2.18. The van der Waals surface area contributed by atoms with Crippen molar-refractivity contribution >= 4 is 43.1 Å². The fraction of sp³-hybridized carbons (Fsp3) is 0. The average molecular weight is 516 g/mol. The summed E-state index contributed by atoms with van der Waals surface area (Å²) in [6, 6.07) is 30.0. The van der Waals surface area contributed by atoms with Gasteiger partial charge in [0.2, 0.25) is 0 Å². The molecule has 0 heteroatoms. The molecule has 0 aromatic heterocycles. The zero-order valence-corrected chi connectivity index (χ0v) is 21.3. The fourth-order valence-electron chi connectivity index (χ4n) is 5.91. The molecular formula is C40H26. The van der Waals surface area contributed by atoms with Crippen LogP contribution in [-0.4, -0.2) is 0 Å². The second-order valence-corrected chi connectivity index (χ2v) is 9.81. The van der Waals surface area contributed by atoms with Crippen molar-refractivity contribution < 1.29 is 12.3 Å². The van der Waals surface area contributed by atoms with Gasteiger partial charge in [-0.3, -0.25) is 0 Å². The van der Waals surface area contributed by atoms with Crippen LogP contribution in [0.25, 0.3) is 76.5 Å². The van der Waals surface area contributed by atoms with Gasteiger partial charge in [0.05, 0.1) is 12.3 Å². The quantitative estimate of drug-likeness (QED) is 0.205. The van der Waals surface area contributed by atoms with Crippen LogP contribution < -0.4 is 0 Å². The summed E-state index contributed by atoms with van der Waals surface area (Å²) in [4.78, 5) is 0. The monoisotopic (exact) mass is 515 g/mol. The summed E-state index contributed by atoms with van der Waals surface area (Å²) >= 11 is 0. The molecule has 0 nitrogen and oxygen atoms in total. The number of hydrogen-bond acceptors (Lipinski definition) is 0. The number of rotatable bonds is 3. The first-order valence-electron chi connectivity index (χ1n) is 17.6. The number of benzene rings is 8. The SMILES string of the molecule is [2H]c1cc([2H])c(-c2c3cc([2H])c([2H])cc3c(-c3cccc4c(-c5ccc6ccccc6c5)cccc34)c3c([2H])c([2H])c([2H])c([2H])c23)cc1[2H]. The maximum atomic E-state index is 9.25. The van der Waals surface area contributed by atoms with E-state index in [-0.39, 0.29) is 64.2 Å². The zero-order valence-electron chi connectivity index (χ0n) is 30.3. The predicted molar refractivity (Wildman–Crippen MR) is 173 cm³/mol. The highest BCUT2D eigenvalue weighted by Crippen LogP contribution is 2.46. The maximum Gasteiger partial charge on any atom is 0.0629 e. The van der Waals surface area contributed by atoms with Crippen molar-refractivity contribution in [3.8, 4) is 33.4 Å². The Morgan fingerprint density at radius 1 is 0.350 bits per heavy atom. The third-order valence-corrected chi connectivity index (χ3v) is 7.65. The van der Waals surface area contributed by atoms with Gasteiger partial charge < -0.3 is 0 Å². The molecule has 0 fully saturated rings. The van der Waals surface area contributed by atoms with Gasteiger partial charge in [0, 0.05) is 0 Å². The van der Waals surface area contributed by atoms with E-state index < -0.39 is 12.1 Å². The van der Waals surface area contributed by atoms with Gasteiger partial charge in [-0.25, -0.2) is 0 Å². The van der Waals surface area contributed by atoms with E-state index >= 15 is 0 Å². The molecule has 8 aromatic rings. The van der Waals surface area contributed by atoms with Crippen LogP contribution in [0.15, 0.2) is 158 Å². The van der Waals surface area contributed by atoms with Gasteiger partial charge in [-0.2, -0.15) is 0 Å². The van der Waals surface area contributed by atoms with Crippen molar-refractivity contribution in [3.63, 3.8) is 0 Å². The fourth-order valence-corrected chi connectivity index (χ4v) is 5.91. The highest BCUT2D eigenvalue weighted by molar-refractivity contribution is 6.24. The van der Waals surface area contributed by atoms with Crippen molar-refractivity contribution in [2.45, 2.75) is 0 Å². The molecule has 0 saturated heterocycles. The Bertz CT molecular complexity index is 2710. The van der Waals surface area contributed by atoms with Gasteiger partial charge >= 0.3 is 0 Å². The molecule has 0 aliphatic carbocycles. The molecule has 186 valence electrons. The Labute approximate surface area is 246 Å². The first-order chi connectivity index (χ1) is 23.5. The van der Waals surface area contributed by atoms with Crippen LogP contribution >= 0.6 is 0 Å². The van der Waals surface area contributed by atoms with Crippen molar-refractivity contribution in [2.24, 2.45) is 0 Å². The topological polar surface area (TPSA) is 0 Å². The molecular weight excluding hydrogens is 480 g/mol. The normalized spacial score (nSPS) is 14.7. The van der Waals surface area contributed by atoms with Gasteiger partial charge in [-0.1, -0.05) is 151 Å². The van der Waals surface area contributed by atoms with Gasteiger partial charge in [0.25, 0.3) is 0 Å². The van der Waals surface area contributed by atoms with E-state index in [2.05, 4.69) is 36.4 Å². The third kappa shape index (κ3) is 3.54. The van der Waals surface area contributed by atoms with E-state index in [0.717, 1.165) is 32.7 Å². The van der Waals surface area contributed by atoms with Gasteiger partial charge in [-0.05, 0) is 82.5 Å². The summed E-state index contributed by atoms with van der Waals surface area (Å²) in [6.07, 6.45) is 0. The van der Waals surface area contributed by atoms with Gasteiger partial charge in [-0.15, -0.1) is 0 Å². The first-order valence-corrected chi connectivity index (χ1v) is 13.1. The Kier molecular flexibility index (Phi) is 3.55. The Hall–Kier alpha value is -5.20. The smallest absolute Gasteiger partial charge is 0.0622 e. The lowest BCUT2D eigenvalue weighted by atomic mass is 9.84. The zero-order chi connectivity index (χ0) is 34.3. The average Bonchev–Trinajstić information content (AvgIpc) is 3.10. The lowest BCUT2D eigenvalue weighted by Crippen LogP contribution is -1.92. The van der Waals surface area contributed by atoms with Crippen LogP contribution in [0.2, 0.25) is 0 Å². The molecule has 0 radical (unpaired) electrons. The molecule has 0 bridgehead atoms. The summed E-state index contributed by atoms with van der Waals surface area (Å²) in [5, 5.41) is 5.28. The van der Waals surface area contributed by atoms with E-state index in [0.29, 0.717) is 21.9 Å². The van der Waals surface area contributed by atoms with Crippen molar-refractivity contribution in [3.05, 3.63) is 158 Å². The van der Waals surface area contributed by atoms with E-state index in [1.807, 2.05) is 42.5 Å². The van der Waals surface area contributed by atoms with Crippen LogP contribution in [0.1, 0.15) is 12.3 Å². The van der Waals surface area contributed by atoms with E-state index in [1.54, 1.807) is 6.07 Å². The van der Waals surface area contributed by atoms with E-state index in [4.69, 9.17) is 11.0 Å². The molecule has 0 unspecified atom stereocenters. The first kappa shape index (κ1) is 15.4. The van der Waals surface area contributed by atoms with Crippen molar-refractivity contribution in [1.82, 2.24) is 0 Å². The Morgan fingerprint density at radius 3 is 1.85 bits per heavy atom. The van der Waals surface area contributed by atoms with Gasteiger partial charge in [0.1, 0.15) is 0 Å². The highest BCUT2D eigenvalue weighted by atomic mass is 14.2. The van der Waals surface area contributed by atoms with Crippen LogP contribution in [0, 0.1) is 0 Å². The van der Waals surface area contributed by atoms with Gasteiger partial charge in [0.15, 0.2) is 0 Å². The van der Waals surface area contributed by atoms with Crippen LogP contribution in [0.5, 0.6) is 0 Å². The lowest BCUT2D eigenvalue weighted by molar-refractivity contribution is 1.65. The second kappa shape index (κ2) is 9.22. The van der Waals surface area contributed by atoms with Crippen LogP contribution in [0.4, 0.5) is 0 Å². The lowest BCUT2D eigenvalue weighted by Gasteiger charge is -2.19. The van der Waals surface area contributed by atoms with Crippen LogP contribution in [0.3, 0.4) is 0 Å². The molecule has 0 aliphatic heterocycles. The maximum absolute atomic E-state index is 9.25. The molecule has 0 spiro atoms. The summed E-state index contributed by atoms with van der Waals surface area (Å²) in [6.45, 7) is 0. The molecule has 8 aromatic carbocycles. The van der Waals surface area contributed by atoms with E-state index in [9.17, 15) is 1.37 Å². The van der Waals surface area contributed by atoms with Crippen molar-refractivity contribution in [1.29, 1.82) is 0 Å². The number of fused-ring (bicyclic) bond motifs is 4.